The maximum atomic E-state index is 6.41. The topological polar surface area (TPSA) is 12.0 Å². The summed E-state index contributed by atoms with van der Waals surface area (Å²) in [6, 6.07) is 8.36. The van der Waals surface area contributed by atoms with Gasteiger partial charge in [-0.2, -0.15) is 0 Å². The van der Waals surface area contributed by atoms with E-state index >= 15 is 0 Å². The molecule has 1 nitrogen and oxygen atoms in total. The average Bonchev–Trinajstić information content (AvgIpc) is 2.70. The van der Waals surface area contributed by atoms with Crippen LogP contribution >= 0.6 is 11.6 Å². The third kappa shape index (κ3) is 2.36. The molecule has 0 radical (unpaired) electrons. The molecule has 1 saturated carbocycles. The molecule has 2 atom stereocenters. The molecule has 94 valence electrons. The van der Waals surface area contributed by atoms with Gasteiger partial charge >= 0.3 is 0 Å². The van der Waals surface area contributed by atoms with E-state index in [2.05, 4.69) is 31.3 Å². The van der Waals surface area contributed by atoms with Crippen molar-refractivity contribution in [2.24, 2.45) is 5.92 Å². The molecule has 1 aliphatic rings. The number of hydrogen-bond donors (Lipinski definition) is 1. The molecule has 1 aliphatic carbocycles. The summed E-state index contributed by atoms with van der Waals surface area (Å²) in [7, 11) is 0. The Morgan fingerprint density at radius 2 is 2.18 bits per heavy atom. The van der Waals surface area contributed by atoms with Crippen molar-refractivity contribution in [2.45, 2.75) is 38.5 Å². The fourth-order valence-electron chi connectivity index (χ4n) is 3.22. The van der Waals surface area contributed by atoms with Gasteiger partial charge in [0.25, 0.3) is 0 Å². The van der Waals surface area contributed by atoms with E-state index in [1.54, 1.807) is 0 Å². The van der Waals surface area contributed by atoms with E-state index in [1.165, 1.54) is 24.8 Å². The highest BCUT2D eigenvalue weighted by atomic mass is 35.5. The van der Waals surface area contributed by atoms with Crippen LogP contribution in [-0.4, -0.2) is 13.1 Å². The summed E-state index contributed by atoms with van der Waals surface area (Å²) in [6.07, 6.45) is 3.89. The van der Waals surface area contributed by atoms with Crippen molar-refractivity contribution >= 4 is 11.6 Å². The van der Waals surface area contributed by atoms with Crippen LogP contribution in [0.3, 0.4) is 0 Å². The normalized spacial score (nSPS) is 28.5. The molecule has 1 fully saturated rings. The molecular weight excluding hydrogens is 230 g/mol. The van der Waals surface area contributed by atoms with Crippen molar-refractivity contribution in [2.75, 3.05) is 13.1 Å². The van der Waals surface area contributed by atoms with Crippen molar-refractivity contribution in [1.82, 2.24) is 5.32 Å². The van der Waals surface area contributed by atoms with Crippen LogP contribution in [0.5, 0.6) is 0 Å². The molecule has 17 heavy (non-hydrogen) atoms. The van der Waals surface area contributed by atoms with Crippen LogP contribution in [0.4, 0.5) is 0 Å². The van der Waals surface area contributed by atoms with Gasteiger partial charge in [-0.15, -0.1) is 0 Å². The van der Waals surface area contributed by atoms with Gasteiger partial charge in [0.15, 0.2) is 0 Å². The van der Waals surface area contributed by atoms with Crippen molar-refractivity contribution in [3.63, 3.8) is 0 Å². The molecule has 2 unspecified atom stereocenters. The van der Waals surface area contributed by atoms with Crippen LogP contribution in [0.15, 0.2) is 24.3 Å². The second-order valence-electron chi connectivity index (χ2n) is 5.21. The highest BCUT2D eigenvalue weighted by Crippen LogP contribution is 2.47. The Kier molecular flexibility index (Phi) is 4.11. The van der Waals surface area contributed by atoms with Gasteiger partial charge in [0.05, 0.1) is 0 Å². The molecule has 0 aromatic heterocycles. The molecule has 0 aliphatic heterocycles. The molecule has 2 rings (SSSR count). The maximum Gasteiger partial charge on any atom is 0.0444 e. The van der Waals surface area contributed by atoms with Gasteiger partial charge in [0.2, 0.25) is 0 Å². The van der Waals surface area contributed by atoms with Crippen LogP contribution in [-0.2, 0) is 5.41 Å². The van der Waals surface area contributed by atoms with Gasteiger partial charge in [-0.1, -0.05) is 50.1 Å². The smallest absolute Gasteiger partial charge is 0.0444 e. The van der Waals surface area contributed by atoms with Crippen LogP contribution < -0.4 is 5.32 Å². The second-order valence-corrected chi connectivity index (χ2v) is 5.62. The summed E-state index contributed by atoms with van der Waals surface area (Å²) in [5.41, 5.74) is 1.58. The average molecular weight is 252 g/mol. The number of rotatable bonds is 4. The first-order valence-electron chi connectivity index (χ1n) is 6.66. The fourth-order valence-corrected chi connectivity index (χ4v) is 3.54. The monoisotopic (exact) mass is 251 g/mol. The molecular formula is C15H22ClN. The van der Waals surface area contributed by atoms with E-state index in [4.69, 9.17) is 11.6 Å². The zero-order chi connectivity index (χ0) is 12.3. The summed E-state index contributed by atoms with van der Waals surface area (Å²) < 4.78 is 0. The predicted octanol–water partition coefficient (Wildman–Crippen LogP) is 4.01. The van der Waals surface area contributed by atoms with E-state index in [0.717, 1.165) is 18.1 Å². The molecule has 0 bridgehead atoms. The predicted molar refractivity (Wildman–Crippen MR) is 74.7 cm³/mol. The van der Waals surface area contributed by atoms with Crippen molar-refractivity contribution < 1.29 is 0 Å². The first-order valence-corrected chi connectivity index (χ1v) is 7.04. The summed E-state index contributed by atoms with van der Waals surface area (Å²) in [4.78, 5) is 0. The van der Waals surface area contributed by atoms with Crippen molar-refractivity contribution in [3.8, 4) is 0 Å². The van der Waals surface area contributed by atoms with E-state index in [1.807, 2.05) is 12.1 Å². The minimum absolute atomic E-state index is 0.244. The fraction of sp³-hybridized carbons (Fsp3) is 0.600. The largest absolute Gasteiger partial charge is 0.316 e. The molecule has 0 saturated heterocycles. The van der Waals surface area contributed by atoms with Crippen LogP contribution in [0.25, 0.3) is 0 Å². The lowest BCUT2D eigenvalue weighted by atomic mass is 9.73. The quantitative estimate of drug-likeness (QED) is 0.853. The van der Waals surface area contributed by atoms with Crippen LogP contribution in [0.1, 0.15) is 38.7 Å². The zero-order valence-electron chi connectivity index (χ0n) is 10.8. The number of likely N-dealkylation sites (N-methyl/N-ethyl adjacent to an activating group) is 1. The minimum atomic E-state index is 0.244. The lowest BCUT2D eigenvalue weighted by Gasteiger charge is -2.35. The first-order chi connectivity index (χ1) is 8.20. The van der Waals surface area contributed by atoms with Gasteiger partial charge in [-0.05, 0) is 36.9 Å². The first kappa shape index (κ1) is 12.9. The summed E-state index contributed by atoms with van der Waals surface area (Å²) in [5.74, 6) is 0.710. The van der Waals surface area contributed by atoms with Crippen molar-refractivity contribution in [1.29, 1.82) is 0 Å². The van der Waals surface area contributed by atoms with Gasteiger partial charge in [0.1, 0.15) is 0 Å². The Bertz CT molecular complexity index is 377. The molecule has 0 spiro atoms. The molecule has 1 aromatic carbocycles. The minimum Gasteiger partial charge on any atom is -0.316 e. The number of hydrogen-bond acceptors (Lipinski definition) is 1. The summed E-state index contributed by atoms with van der Waals surface area (Å²) in [5, 5.41) is 4.46. The Labute approximate surface area is 110 Å². The Hall–Kier alpha value is -0.530. The molecule has 0 amide bonds. The number of halogens is 1. The van der Waals surface area contributed by atoms with E-state index in [9.17, 15) is 0 Å². The van der Waals surface area contributed by atoms with Crippen LogP contribution in [0.2, 0.25) is 5.02 Å². The standard InChI is InChI=1S/C15H22ClN/c1-3-17-11-15(10-6-7-12(15)2)13-8-4-5-9-14(13)16/h4-5,8-9,12,17H,3,6-7,10-11H2,1-2H3. The maximum absolute atomic E-state index is 6.41. The summed E-state index contributed by atoms with van der Waals surface area (Å²) >= 11 is 6.41. The van der Waals surface area contributed by atoms with E-state index in [-0.39, 0.29) is 5.41 Å². The Morgan fingerprint density at radius 3 is 2.76 bits per heavy atom. The lowest BCUT2D eigenvalue weighted by Crippen LogP contribution is -2.40. The highest BCUT2D eigenvalue weighted by Gasteiger charge is 2.42. The number of nitrogens with one attached hydrogen (secondary N) is 1. The molecule has 1 N–H and O–H groups in total. The SMILES string of the molecule is CCNCC1(c2ccccc2Cl)CCCC1C. The van der Waals surface area contributed by atoms with Crippen molar-refractivity contribution in [3.05, 3.63) is 34.9 Å². The third-order valence-corrected chi connectivity index (χ3v) is 4.63. The van der Waals surface area contributed by atoms with Gasteiger partial charge in [-0.25, -0.2) is 0 Å². The van der Waals surface area contributed by atoms with Gasteiger partial charge in [0, 0.05) is 17.0 Å². The lowest BCUT2D eigenvalue weighted by molar-refractivity contribution is 0.320. The Morgan fingerprint density at radius 1 is 1.41 bits per heavy atom. The Balaban J connectivity index is 2.36. The molecule has 0 heterocycles. The van der Waals surface area contributed by atoms with E-state index < -0.39 is 0 Å². The zero-order valence-corrected chi connectivity index (χ0v) is 11.6. The van der Waals surface area contributed by atoms with Gasteiger partial charge in [-0.3, -0.25) is 0 Å². The van der Waals surface area contributed by atoms with E-state index in [0.29, 0.717) is 5.92 Å². The highest BCUT2D eigenvalue weighted by molar-refractivity contribution is 6.31. The summed E-state index contributed by atoms with van der Waals surface area (Å²) in [6.45, 7) is 6.61. The van der Waals surface area contributed by atoms with Gasteiger partial charge < -0.3 is 5.32 Å². The van der Waals surface area contributed by atoms with Crippen LogP contribution in [0, 0.1) is 5.92 Å². The molecule has 1 aromatic rings. The second kappa shape index (κ2) is 5.41. The number of benzene rings is 1. The molecule has 2 heteroatoms. The third-order valence-electron chi connectivity index (χ3n) is 4.30.